The third kappa shape index (κ3) is 3.67. The summed E-state index contributed by atoms with van der Waals surface area (Å²) in [7, 11) is 0. The summed E-state index contributed by atoms with van der Waals surface area (Å²) in [6, 6.07) is 20.1. The van der Waals surface area contributed by atoms with Crippen LogP contribution in [-0.4, -0.2) is 23.3 Å². The molecule has 0 aliphatic carbocycles. The molecule has 4 nitrogen and oxygen atoms in total. The third-order valence-corrected chi connectivity index (χ3v) is 7.89. The third-order valence-electron chi connectivity index (χ3n) is 5.47. The van der Waals surface area contributed by atoms with Crippen LogP contribution in [0.2, 0.25) is 0 Å². The van der Waals surface area contributed by atoms with Crippen LogP contribution in [0.4, 0.5) is 20.2 Å². The van der Waals surface area contributed by atoms with E-state index in [1.807, 2.05) is 24.3 Å². The predicted octanol–water partition coefficient (Wildman–Crippen LogP) is 5.52. The molecule has 8 heteroatoms. The molecule has 0 unspecified atom stereocenters. The highest BCUT2D eigenvalue weighted by Crippen LogP contribution is 2.45. The number of rotatable bonds is 4. The summed E-state index contributed by atoms with van der Waals surface area (Å²) < 4.78 is 28.7. The molecule has 2 saturated heterocycles. The fourth-order valence-electron chi connectivity index (χ4n) is 3.98. The van der Waals surface area contributed by atoms with Gasteiger partial charge in [-0.05, 0) is 35.4 Å². The zero-order valence-corrected chi connectivity index (χ0v) is 18.4. The second-order valence-corrected chi connectivity index (χ2v) is 9.56. The lowest BCUT2D eigenvalue weighted by atomic mass is 10.1. The van der Waals surface area contributed by atoms with E-state index in [-0.39, 0.29) is 45.4 Å². The number of halogens is 2. The summed E-state index contributed by atoms with van der Waals surface area (Å²) in [5.41, 5.74) is 2.25. The molecule has 3 aromatic rings. The van der Waals surface area contributed by atoms with E-state index in [4.69, 9.17) is 0 Å². The molecule has 2 fully saturated rings. The van der Waals surface area contributed by atoms with Crippen molar-refractivity contribution in [2.45, 2.75) is 10.7 Å². The summed E-state index contributed by atoms with van der Waals surface area (Å²) in [5, 5.41) is -0.678. The van der Waals surface area contributed by atoms with E-state index in [1.54, 1.807) is 36.4 Å². The van der Waals surface area contributed by atoms with Crippen LogP contribution in [0.1, 0.15) is 21.9 Å². The minimum absolute atomic E-state index is 0.142. The quantitative estimate of drug-likeness (QED) is 0.506. The summed E-state index contributed by atoms with van der Waals surface area (Å²) in [4.78, 5) is 28.0. The molecule has 0 N–H and O–H groups in total. The average molecular weight is 469 g/mol. The van der Waals surface area contributed by atoms with Gasteiger partial charge < -0.3 is 0 Å². The molecule has 0 spiro atoms. The van der Waals surface area contributed by atoms with E-state index in [1.165, 1.54) is 45.5 Å². The molecule has 0 radical (unpaired) electrons. The smallest absolute Gasteiger partial charge is 0.238 e. The topological polar surface area (TPSA) is 40.6 Å². The van der Waals surface area contributed by atoms with Crippen molar-refractivity contribution in [1.29, 1.82) is 0 Å². The number of hydrogen-bond donors (Lipinski definition) is 0. The number of nitrogens with zero attached hydrogens (tertiary/aromatic N) is 2. The number of amides is 2. The molecule has 162 valence electrons. The van der Waals surface area contributed by atoms with Gasteiger partial charge in [0.15, 0.2) is 0 Å². The van der Waals surface area contributed by atoms with Crippen LogP contribution in [0.25, 0.3) is 0 Å². The Morgan fingerprint density at radius 3 is 1.38 bits per heavy atom. The standard InChI is InChI=1S/C24H18F2N2O2S2/c25-17-5-1-3-7-19(17)27-21(29)13-31-23(27)15-9-11-16(12-10-15)24-28(22(30)14-32-24)20-8-4-2-6-18(20)26/h1-12,23-24H,13-14H2/t23-,24-/m0/s1. The molecule has 0 bridgehead atoms. The zero-order valence-electron chi connectivity index (χ0n) is 16.8. The number of benzene rings is 3. The molecule has 3 aromatic carbocycles. The minimum Gasteiger partial charge on any atom is -0.292 e. The molecule has 2 aliphatic rings. The van der Waals surface area contributed by atoms with Crippen LogP contribution in [0, 0.1) is 11.6 Å². The normalized spacial score (nSPS) is 20.9. The van der Waals surface area contributed by atoms with Gasteiger partial charge in [-0.3, -0.25) is 19.4 Å². The summed E-state index contributed by atoms with van der Waals surface area (Å²) >= 11 is 2.89. The lowest BCUT2D eigenvalue weighted by Gasteiger charge is -2.26. The van der Waals surface area contributed by atoms with Crippen molar-refractivity contribution in [1.82, 2.24) is 0 Å². The van der Waals surface area contributed by atoms with Crippen LogP contribution < -0.4 is 9.80 Å². The Bertz CT molecular complexity index is 1100. The molecule has 0 aromatic heterocycles. The number of anilines is 2. The van der Waals surface area contributed by atoms with Gasteiger partial charge in [0.2, 0.25) is 11.8 Å². The van der Waals surface area contributed by atoms with Gasteiger partial charge in [-0.2, -0.15) is 0 Å². The van der Waals surface area contributed by atoms with Crippen molar-refractivity contribution in [3.05, 3.63) is 95.6 Å². The number of thioether (sulfide) groups is 2. The second-order valence-electron chi connectivity index (χ2n) is 7.42. The van der Waals surface area contributed by atoms with Crippen molar-refractivity contribution >= 4 is 46.7 Å². The Morgan fingerprint density at radius 1 is 0.625 bits per heavy atom. The van der Waals surface area contributed by atoms with Gasteiger partial charge in [0.05, 0.1) is 22.9 Å². The maximum Gasteiger partial charge on any atom is 0.238 e. The van der Waals surface area contributed by atoms with E-state index in [2.05, 4.69) is 0 Å². The van der Waals surface area contributed by atoms with Crippen molar-refractivity contribution in [2.75, 3.05) is 21.3 Å². The largest absolute Gasteiger partial charge is 0.292 e. The summed E-state index contributed by atoms with van der Waals surface area (Å²) in [6.07, 6.45) is 0. The Labute approximate surface area is 192 Å². The van der Waals surface area contributed by atoms with Crippen LogP contribution in [0.5, 0.6) is 0 Å². The fourth-order valence-corrected chi connectivity index (χ4v) is 6.32. The highest BCUT2D eigenvalue weighted by Gasteiger charge is 2.37. The first kappa shape index (κ1) is 21.0. The van der Waals surface area contributed by atoms with Gasteiger partial charge in [0, 0.05) is 0 Å². The van der Waals surface area contributed by atoms with Gasteiger partial charge in [-0.15, -0.1) is 23.5 Å². The summed E-state index contributed by atoms with van der Waals surface area (Å²) in [6.45, 7) is 0. The highest BCUT2D eigenvalue weighted by molar-refractivity contribution is 8.01. The molecular formula is C24H18F2N2O2S2. The zero-order chi connectivity index (χ0) is 22.2. The van der Waals surface area contributed by atoms with Crippen LogP contribution >= 0.6 is 23.5 Å². The average Bonchev–Trinajstić information content (AvgIpc) is 3.37. The van der Waals surface area contributed by atoms with Crippen LogP contribution in [0.3, 0.4) is 0 Å². The number of carbonyl (C=O) groups excluding carboxylic acids is 2. The fraction of sp³-hybridized carbons (Fsp3) is 0.167. The summed E-state index contributed by atoms with van der Waals surface area (Å²) in [5.74, 6) is -0.615. The minimum atomic E-state index is -0.439. The monoisotopic (exact) mass is 468 g/mol. The van der Waals surface area contributed by atoms with E-state index in [9.17, 15) is 18.4 Å². The maximum absolute atomic E-state index is 14.4. The molecule has 0 saturated carbocycles. The molecular weight excluding hydrogens is 450 g/mol. The Morgan fingerprint density at radius 2 is 1.00 bits per heavy atom. The van der Waals surface area contributed by atoms with E-state index < -0.39 is 11.6 Å². The van der Waals surface area contributed by atoms with Gasteiger partial charge in [0.25, 0.3) is 0 Å². The highest BCUT2D eigenvalue weighted by atomic mass is 32.2. The number of hydrogen-bond acceptors (Lipinski definition) is 4. The first-order valence-corrected chi connectivity index (χ1v) is 12.1. The molecule has 2 heterocycles. The first-order valence-electron chi connectivity index (χ1n) is 10.0. The van der Waals surface area contributed by atoms with Crippen molar-refractivity contribution < 1.29 is 18.4 Å². The van der Waals surface area contributed by atoms with Gasteiger partial charge in [0.1, 0.15) is 22.4 Å². The first-order chi connectivity index (χ1) is 15.5. The SMILES string of the molecule is O=C1CS[C@@H](c2ccc([C@@H]3SCC(=O)N3c3ccccc3F)cc2)N1c1ccccc1F. The Balaban J connectivity index is 1.44. The van der Waals surface area contributed by atoms with E-state index in [0.717, 1.165) is 11.1 Å². The van der Waals surface area contributed by atoms with E-state index in [0.29, 0.717) is 0 Å². The Hall–Kier alpha value is -2.84. The maximum atomic E-state index is 14.4. The van der Waals surface area contributed by atoms with Crippen molar-refractivity contribution in [2.24, 2.45) is 0 Å². The number of carbonyl (C=O) groups is 2. The number of para-hydroxylation sites is 2. The molecule has 2 amide bonds. The molecule has 2 atom stereocenters. The predicted molar refractivity (Wildman–Crippen MR) is 125 cm³/mol. The lowest BCUT2D eigenvalue weighted by molar-refractivity contribution is -0.116. The Kier molecular flexibility index (Phi) is 5.65. The van der Waals surface area contributed by atoms with Crippen molar-refractivity contribution in [3.63, 3.8) is 0 Å². The van der Waals surface area contributed by atoms with E-state index >= 15 is 0 Å². The van der Waals surface area contributed by atoms with Gasteiger partial charge >= 0.3 is 0 Å². The van der Waals surface area contributed by atoms with Crippen molar-refractivity contribution in [3.8, 4) is 0 Å². The molecule has 5 rings (SSSR count). The van der Waals surface area contributed by atoms with Crippen LogP contribution in [-0.2, 0) is 9.59 Å². The van der Waals surface area contributed by atoms with Crippen LogP contribution in [0.15, 0.2) is 72.8 Å². The second kappa shape index (κ2) is 8.60. The van der Waals surface area contributed by atoms with Gasteiger partial charge in [-0.1, -0.05) is 48.5 Å². The molecule has 2 aliphatic heterocycles. The molecule has 32 heavy (non-hydrogen) atoms. The lowest BCUT2D eigenvalue weighted by Crippen LogP contribution is -2.29. The van der Waals surface area contributed by atoms with Gasteiger partial charge in [-0.25, -0.2) is 8.78 Å².